The average Bonchev–Trinajstić information content (AvgIpc) is 3.38. The highest BCUT2D eigenvalue weighted by molar-refractivity contribution is 6.86. The minimum Gasteiger partial charge on any atom is -0.496 e. The van der Waals surface area contributed by atoms with Gasteiger partial charge in [0.1, 0.15) is 17.1 Å². The third-order valence-electron chi connectivity index (χ3n) is 6.51. The molecule has 39 heavy (non-hydrogen) atoms. The van der Waals surface area contributed by atoms with Crippen LogP contribution >= 0.6 is 0 Å². The van der Waals surface area contributed by atoms with Crippen LogP contribution in [0, 0.1) is 6.92 Å². The number of pyridine rings is 1. The summed E-state index contributed by atoms with van der Waals surface area (Å²) in [5.41, 5.74) is 8.58. The summed E-state index contributed by atoms with van der Waals surface area (Å²) in [6.45, 7) is 18.2. The number of anilines is 4. The van der Waals surface area contributed by atoms with Gasteiger partial charge < -0.3 is 9.55 Å². The zero-order chi connectivity index (χ0) is 29.1. The van der Waals surface area contributed by atoms with Gasteiger partial charge in [-0.15, -0.1) is 0 Å². The Bertz CT molecular complexity index is 1320. The molecule has 3 heterocycles. The molecule has 1 aromatic heterocycles. The highest BCUT2D eigenvalue weighted by Crippen LogP contribution is 2.51. The van der Waals surface area contributed by atoms with E-state index in [1.807, 2.05) is 55.4 Å². The number of hydrogen-bond donors (Lipinski definition) is 0. The molecule has 0 aliphatic carbocycles. The van der Waals surface area contributed by atoms with E-state index in [0.717, 1.165) is 11.3 Å². The van der Waals surface area contributed by atoms with Crippen molar-refractivity contribution in [3.63, 3.8) is 0 Å². The van der Waals surface area contributed by atoms with Gasteiger partial charge in [0.05, 0.1) is 20.4 Å². The van der Waals surface area contributed by atoms with Crippen LogP contribution in [0.15, 0.2) is 85.1 Å². The fraction of sp³-hybridized carbons (Fsp3) is 0.324. The van der Waals surface area contributed by atoms with Gasteiger partial charge in [-0.2, -0.15) is 0 Å². The monoisotopic (exact) mass is 524 g/mol. The van der Waals surface area contributed by atoms with Crippen LogP contribution in [0.3, 0.4) is 0 Å². The van der Waals surface area contributed by atoms with Gasteiger partial charge in [-0.1, -0.05) is 97.9 Å². The maximum Gasteiger partial charge on any atom is 0.543 e. The minimum absolute atomic E-state index is 0.0282. The summed E-state index contributed by atoms with van der Waals surface area (Å²) >= 11 is 0. The molecule has 0 unspecified atom stereocenters. The van der Waals surface area contributed by atoms with Crippen molar-refractivity contribution in [1.29, 1.82) is 0 Å². The van der Waals surface area contributed by atoms with E-state index in [4.69, 9.17) is 4.74 Å². The lowest BCUT2D eigenvalue weighted by Crippen LogP contribution is -2.57. The highest BCUT2D eigenvalue weighted by atomic mass is 16.5. The summed E-state index contributed by atoms with van der Waals surface area (Å²) < 4.78 is 7.95. The molecule has 6 rings (SSSR count). The Labute approximate surface area is 238 Å². The molecule has 0 fully saturated rings. The van der Waals surface area contributed by atoms with Crippen molar-refractivity contribution < 1.29 is 9.30 Å². The summed E-state index contributed by atoms with van der Waals surface area (Å²) in [4.78, 5) is 4.94. The number of nitrogens with zero attached hydrogens (tertiary/aromatic N) is 3. The van der Waals surface area contributed by atoms with Gasteiger partial charge in [0, 0.05) is 22.3 Å². The van der Waals surface area contributed by atoms with Gasteiger partial charge in [-0.05, 0) is 48.9 Å². The number of rotatable bonds is 2. The Morgan fingerprint density at radius 2 is 1.28 bits per heavy atom. The molecule has 0 saturated heterocycles. The van der Waals surface area contributed by atoms with Gasteiger partial charge >= 0.3 is 6.98 Å². The zero-order valence-corrected chi connectivity index (χ0v) is 25.9. The molecule has 0 amide bonds. The summed E-state index contributed by atoms with van der Waals surface area (Å²) in [5, 5.41) is 0. The Morgan fingerprint density at radius 3 is 1.92 bits per heavy atom. The fourth-order valence-electron chi connectivity index (χ4n) is 5.21. The van der Waals surface area contributed by atoms with Crippen LogP contribution in [0.5, 0.6) is 5.75 Å². The van der Waals surface area contributed by atoms with Gasteiger partial charge in [0.25, 0.3) is 5.82 Å². The average molecular weight is 525 g/mol. The number of ether oxygens (including phenoxy) is 1. The van der Waals surface area contributed by atoms with Crippen LogP contribution in [0.1, 0.15) is 61.0 Å². The van der Waals surface area contributed by atoms with Crippen LogP contribution in [-0.2, 0) is 7.05 Å². The van der Waals surface area contributed by atoms with E-state index in [0.29, 0.717) is 0 Å². The first-order valence-electron chi connectivity index (χ1n) is 14.6. The second-order valence-electron chi connectivity index (χ2n) is 8.15. The molecule has 0 atom stereocenters. The topological polar surface area (TPSA) is 19.6 Å². The molecular weight excluding hydrogens is 477 g/mol. The van der Waals surface area contributed by atoms with Crippen LogP contribution in [0.25, 0.3) is 11.1 Å². The smallest absolute Gasteiger partial charge is 0.496 e. The summed E-state index contributed by atoms with van der Waals surface area (Å²) in [5.74, 6) is 2.10. The lowest BCUT2D eigenvalue weighted by molar-refractivity contribution is -0.657. The lowest BCUT2D eigenvalue weighted by atomic mass is 9.59. The molecular formula is C34H47BN3O+. The predicted molar refractivity (Wildman–Crippen MR) is 172 cm³/mol. The molecule has 2 aliphatic heterocycles. The van der Waals surface area contributed by atoms with Crippen molar-refractivity contribution >= 4 is 35.3 Å². The summed E-state index contributed by atoms with van der Waals surface area (Å²) in [6, 6.07) is 28.1. The van der Waals surface area contributed by atoms with E-state index >= 15 is 0 Å². The van der Waals surface area contributed by atoms with Crippen molar-refractivity contribution in [2.45, 2.75) is 62.3 Å². The number of methoxy groups -OCH3 is 1. The molecule has 3 aromatic carbocycles. The Hall–Kier alpha value is -3.73. The van der Waals surface area contributed by atoms with Crippen molar-refractivity contribution in [3.8, 4) is 16.9 Å². The predicted octanol–water partition coefficient (Wildman–Crippen LogP) is 8.60. The second-order valence-corrected chi connectivity index (χ2v) is 8.15. The zero-order valence-electron chi connectivity index (χ0n) is 25.9. The number of aromatic nitrogens is 1. The van der Waals surface area contributed by atoms with E-state index in [2.05, 4.69) is 113 Å². The Morgan fingerprint density at radius 1 is 0.667 bits per heavy atom. The van der Waals surface area contributed by atoms with Crippen LogP contribution < -0.4 is 24.4 Å². The largest absolute Gasteiger partial charge is 0.543 e. The normalized spacial score (nSPS) is 11.3. The molecule has 0 N–H and O–H groups in total. The lowest BCUT2D eigenvalue weighted by Gasteiger charge is -2.32. The molecule has 0 bridgehead atoms. The van der Waals surface area contributed by atoms with Gasteiger partial charge in [0.15, 0.2) is 0 Å². The van der Waals surface area contributed by atoms with Gasteiger partial charge in [0.2, 0.25) is 0 Å². The Kier molecular flexibility index (Phi) is 12.1. The van der Waals surface area contributed by atoms with E-state index in [-0.39, 0.29) is 6.98 Å². The SMILES string of the molecule is CC.CC.CC.CC.COc1ccc2c(c1C)N1B(c3ccccc3-2)N(c2ccccc2)c2ccc[n+](C)c21. The molecule has 2 aliphatic rings. The number of benzene rings is 3. The molecule has 4 nitrogen and oxygen atoms in total. The first kappa shape index (κ1) is 31.5. The van der Waals surface area contributed by atoms with E-state index < -0.39 is 0 Å². The summed E-state index contributed by atoms with van der Waals surface area (Å²) in [7, 11) is 3.87. The molecule has 0 spiro atoms. The van der Waals surface area contributed by atoms with E-state index in [1.165, 1.54) is 39.5 Å². The molecule has 5 heteroatoms. The van der Waals surface area contributed by atoms with Crippen molar-refractivity contribution in [2.75, 3.05) is 16.7 Å². The number of hydrogen-bond acceptors (Lipinski definition) is 3. The highest BCUT2D eigenvalue weighted by Gasteiger charge is 2.56. The summed E-state index contributed by atoms with van der Waals surface area (Å²) in [6.07, 6.45) is 2.13. The van der Waals surface area contributed by atoms with Gasteiger partial charge in [-0.3, -0.25) is 4.81 Å². The van der Waals surface area contributed by atoms with Gasteiger partial charge in [-0.25, -0.2) is 4.57 Å². The van der Waals surface area contributed by atoms with E-state index in [9.17, 15) is 0 Å². The number of fused-ring (bicyclic) bond motifs is 8. The standard InChI is InChI=1S/C26H23BN3O.4C2H6/c1-18-24(31-3)16-15-21-20-12-7-8-13-22(20)27-29(19-10-5-4-6-11-19)23-14-9-17-28(2)26(23)30(27)25(18)21;4*1-2/h4-17H,1-3H3;4*1-2H3/q+1;;;;. The van der Waals surface area contributed by atoms with Crippen LogP contribution in [-0.4, -0.2) is 14.1 Å². The van der Waals surface area contributed by atoms with Crippen LogP contribution in [0.2, 0.25) is 0 Å². The third-order valence-corrected chi connectivity index (χ3v) is 6.51. The fourth-order valence-corrected chi connectivity index (χ4v) is 5.21. The molecule has 0 saturated carbocycles. The Balaban J connectivity index is 0.000000614. The first-order chi connectivity index (χ1) is 19.2. The van der Waals surface area contributed by atoms with E-state index in [1.54, 1.807) is 7.11 Å². The van der Waals surface area contributed by atoms with Crippen molar-refractivity contribution in [2.24, 2.45) is 7.05 Å². The van der Waals surface area contributed by atoms with Crippen LogP contribution in [0.4, 0.5) is 22.9 Å². The number of para-hydroxylation sites is 1. The molecule has 0 radical (unpaired) electrons. The maximum atomic E-state index is 5.73. The second kappa shape index (κ2) is 15.0. The first-order valence-corrected chi connectivity index (χ1v) is 14.6. The molecule has 206 valence electrons. The van der Waals surface area contributed by atoms with Crippen molar-refractivity contribution in [1.82, 2.24) is 0 Å². The van der Waals surface area contributed by atoms with Crippen molar-refractivity contribution in [3.05, 3.63) is 90.6 Å². The quantitative estimate of drug-likeness (QED) is 0.193. The maximum absolute atomic E-state index is 5.73. The molecule has 4 aromatic rings. The number of aryl methyl sites for hydroxylation is 1. The third kappa shape index (κ3) is 5.54. The minimum atomic E-state index is 0.0282.